The van der Waals surface area contributed by atoms with Gasteiger partial charge < -0.3 is 4.74 Å². The molecule has 1 aliphatic carbocycles. The van der Waals surface area contributed by atoms with Gasteiger partial charge in [0.25, 0.3) is 0 Å². The Morgan fingerprint density at radius 3 is 2.68 bits per heavy atom. The van der Waals surface area contributed by atoms with Crippen LogP contribution in [0.3, 0.4) is 0 Å². The first-order chi connectivity index (χ1) is 13.5. The van der Waals surface area contributed by atoms with E-state index in [0.717, 1.165) is 36.1 Å². The van der Waals surface area contributed by atoms with Crippen molar-refractivity contribution >= 4 is 11.8 Å². The van der Waals surface area contributed by atoms with Crippen molar-refractivity contribution in [3.63, 3.8) is 0 Å². The van der Waals surface area contributed by atoms with E-state index >= 15 is 0 Å². The lowest BCUT2D eigenvalue weighted by atomic mass is 9.66. The molecule has 0 aliphatic heterocycles. The smallest absolute Gasteiger partial charge is 0.306 e. The van der Waals surface area contributed by atoms with E-state index in [4.69, 9.17) is 4.74 Å². The zero-order valence-electron chi connectivity index (χ0n) is 17.0. The van der Waals surface area contributed by atoms with E-state index in [1.807, 2.05) is 25.1 Å². The average Bonchev–Trinajstić information content (AvgIpc) is 2.68. The van der Waals surface area contributed by atoms with Crippen LogP contribution in [0.2, 0.25) is 0 Å². The maximum atomic E-state index is 12.7. The Hall–Kier alpha value is -2.49. The molecule has 0 N–H and O–H groups in total. The van der Waals surface area contributed by atoms with E-state index < -0.39 is 0 Å². The highest BCUT2D eigenvalue weighted by atomic mass is 16.5. The third-order valence-corrected chi connectivity index (χ3v) is 5.78. The van der Waals surface area contributed by atoms with Crippen molar-refractivity contribution in [1.82, 2.24) is 4.98 Å². The Bertz CT molecular complexity index is 831. The van der Waals surface area contributed by atoms with Crippen LogP contribution in [-0.4, -0.2) is 23.3 Å². The van der Waals surface area contributed by atoms with E-state index in [1.165, 1.54) is 5.56 Å². The minimum absolute atomic E-state index is 0.0354. The number of benzene rings is 1. The molecule has 1 heterocycles. The SMILES string of the molecule is CCOC(=O)C[C@H]1CCC[C@H](c2ccc(C)cc2-c2ccccn2)[C@H]1C(C)=O. The van der Waals surface area contributed by atoms with E-state index in [1.54, 1.807) is 13.1 Å². The number of nitrogens with zero attached hydrogens (tertiary/aromatic N) is 1. The largest absolute Gasteiger partial charge is 0.466 e. The van der Waals surface area contributed by atoms with Crippen LogP contribution in [0.25, 0.3) is 11.3 Å². The summed E-state index contributed by atoms with van der Waals surface area (Å²) in [6.07, 6.45) is 4.97. The number of Topliss-reactive ketones (excluding diaryl/α,β-unsaturated/α-hetero) is 1. The number of aromatic nitrogens is 1. The van der Waals surface area contributed by atoms with Crippen LogP contribution in [0, 0.1) is 18.8 Å². The topological polar surface area (TPSA) is 56.3 Å². The fraction of sp³-hybridized carbons (Fsp3) is 0.458. The number of hydrogen-bond donors (Lipinski definition) is 0. The lowest BCUT2D eigenvalue weighted by Gasteiger charge is -2.37. The molecule has 3 atom stereocenters. The summed E-state index contributed by atoms with van der Waals surface area (Å²) in [6.45, 7) is 5.93. The Balaban J connectivity index is 1.99. The monoisotopic (exact) mass is 379 g/mol. The van der Waals surface area contributed by atoms with Crippen LogP contribution < -0.4 is 0 Å². The van der Waals surface area contributed by atoms with Crippen LogP contribution in [0.1, 0.15) is 56.6 Å². The van der Waals surface area contributed by atoms with Crippen LogP contribution in [-0.2, 0) is 14.3 Å². The van der Waals surface area contributed by atoms with E-state index in [0.29, 0.717) is 13.0 Å². The number of carbonyl (C=O) groups is 2. The predicted octanol–water partition coefficient (Wildman–Crippen LogP) is 5.10. The van der Waals surface area contributed by atoms with Gasteiger partial charge in [0.05, 0.1) is 12.3 Å². The van der Waals surface area contributed by atoms with Gasteiger partial charge in [0.15, 0.2) is 0 Å². The van der Waals surface area contributed by atoms with Crippen molar-refractivity contribution in [1.29, 1.82) is 0 Å². The minimum atomic E-state index is -0.201. The second-order valence-electron chi connectivity index (χ2n) is 7.75. The molecule has 1 aromatic carbocycles. The third kappa shape index (κ3) is 4.49. The zero-order valence-corrected chi connectivity index (χ0v) is 17.0. The lowest BCUT2D eigenvalue weighted by molar-refractivity contribution is -0.145. The number of rotatable bonds is 6. The van der Waals surface area contributed by atoms with Gasteiger partial charge in [-0.3, -0.25) is 14.6 Å². The standard InChI is InChI=1S/C24H29NO3/c1-4-28-23(27)15-18-8-7-9-20(24(18)17(3)26)19-12-11-16(2)14-21(19)22-10-5-6-13-25-22/h5-6,10-14,18,20,24H,4,7-9,15H2,1-3H3/t18-,20-,24+/m1/s1. The molecular weight excluding hydrogens is 350 g/mol. The fourth-order valence-electron chi connectivity index (χ4n) is 4.65. The Labute approximate surface area is 167 Å². The Morgan fingerprint density at radius 2 is 2.00 bits per heavy atom. The molecule has 0 spiro atoms. The molecule has 28 heavy (non-hydrogen) atoms. The van der Waals surface area contributed by atoms with Crippen molar-refractivity contribution in [3.05, 3.63) is 53.7 Å². The molecule has 1 fully saturated rings. The normalized spacial score (nSPS) is 21.9. The summed E-state index contributed by atoms with van der Waals surface area (Å²) in [6, 6.07) is 12.3. The number of ketones is 1. The quantitative estimate of drug-likeness (QED) is 0.655. The third-order valence-electron chi connectivity index (χ3n) is 5.78. The molecule has 4 nitrogen and oxygen atoms in total. The molecule has 148 valence electrons. The molecule has 0 unspecified atom stereocenters. The zero-order chi connectivity index (χ0) is 20.1. The average molecular weight is 380 g/mol. The van der Waals surface area contributed by atoms with Crippen molar-refractivity contribution in [2.24, 2.45) is 11.8 Å². The van der Waals surface area contributed by atoms with E-state index in [-0.39, 0.29) is 29.5 Å². The summed E-state index contributed by atoms with van der Waals surface area (Å²) in [5.41, 5.74) is 4.35. The fourth-order valence-corrected chi connectivity index (χ4v) is 4.65. The van der Waals surface area contributed by atoms with Crippen LogP contribution >= 0.6 is 0 Å². The molecule has 4 heteroatoms. The van der Waals surface area contributed by atoms with Gasteiger partial charge in [0.2, 0.25) is 0 Å². The highest BCUT2D eigenvalue weighted by Gasteiger charge is 2.39. The van der Waals surface area contributed by atoms with Crippen molar-refractivity contribution in [2.75, 3.05) is 6.61 Å². The summed E-state index contributed by atoms with van der Waals surface area (Å²) in [7, 11) is 0. The highest BCUT2D eigenvalue weighted by Crippen LogP contribution is 2.46. The van der Waals surface area contributed by atoms with E-state index in [2.05, 4.69) is 30.1 Å². The van der Waals surface area contributed by atoms with Crippen molar-refractivity contribution < 1.29 is 14.3 Å². The van der Waals surface area contributed by atoms with Gasteiger partial charge in [-0.1, -0.05) is 30.2 Å². The first-order valence-corrected chi connectivity index (χ1v) is 10.2. The lowest BCUT2D eigenvalue weighted by Crippen LogP contribution is -2.34. The first kappa shape index (κ1) is 20.2. The predicted molar refractivity (Wildman–Crippen MR) is 110 cm³/mol. The van der Waals surface area contributed by atoms with Crippen LogP contribution in [0.5, 0.6) is 0 Å². The highest BCUT2D eigenvalue weighted by molar-refractivity contribution is 5.82. The van der Waals surface area contributed by atoms with Gasteiger partial charge in [0.1, 0.15) is 5.78 Å². The number of aryl methyl sites for hydroxylation is 1. The maximum absolute atomic E-state index is 12.7. The summed E-state index contributed by atoms with van der Waals surface area (Å²) in [4.78, 5) is 29.3. The Kier molecular flexibility index (Phi) is 6.61. The molecule has 0 saturated heterocycles. The second kappa shape index (κ2) is 9.13. The molecular formula is C24H29NO3. The number of carbonyl (C=O) groups excluding carboxylic acids is 2. The Morgan fingerprint density at radius 1 is 1.18 bits per heavy atom. The number of pyridine rings is 1. The van der Waals surface area contributed by atoms with Gasteiger partial charge in [-0.25, -0.2) is 0 Å². The minimum Gasteiger partial charge on any atom is -0.466 e. The molecule has 1 aromatic heterocycles. The maximum Gasteiger partial charge on any atom is 0.306 e. The molecule has 1 aliphatic rings. The van der Waals surface area contributed by atoms with Crippen LogP contribution in [0.4, 0.5) is 0 Å². The molecule has 2 aromatic rings. The number of ether oxygens (including phenoxy) is 1. The van der Waals surface area contributed by atoms with Gasteiger partial charge in [-0.05, 0) is 69.2 Å². The van der Waals surface area contributed by atoms with Gasteiger partial charge >= 0.3 is 5.97 Å². The molecule has 3 rings (SSSR count). The summed E-state index contributed by atoms with van der Waals surface area (Å²) < 4.78 is 5.16. The number of esters is 1. The molecule has 0 bridgehead atoms. The molecule has 0 amide bonds. The molecule has 0 radical (unpaired) electrons. The van der Waals surface area contributed by atoms with E-state index in [9.17, 15) is 9.59 Å². The summed E-state index contributed by atoms with van der Waals surface area (Å²) in [5, 5.41) is 0. The van der Waals surface area contributed by atoms with Crippen LogP contribution in [0.15, 0.2) is 42.6 Å². The van der Waals surface area contributed by atoms with Gasteiger partial charge in [0, 0.05) is 24.1 Å². The summed E-state index contributed by atoms with van der Waals surface area (Å²) >= 11 is 0. The number of hydrogen-bond acceptors (Lipinski definition) is 4. The second-order valence-corrected chi connectivity index (χ2v) is 7.75. The van der Waals surface area contributed by atoms with Gasteiger partial charge in [-0.2, -0.15) is 0 Å². The van der Waals surface area contributed by atoms with Crippen molar-refractivity contribution in [2.45, 2.75) is 52.4 Å². The molecule has 1 saturated carbocycles. The van der Waals surface area contributed by atoms with Crippen molar-refractivity contribution in [3.8, 4) is 11.3 Å². The first-order valence-electron chi connectivity index (χ1n) is 10.2. The van der Waals surface area contributed by atoms with Gasteiger partial charge in [-0.15, -0.1) is 0 Å². The summed E-state index contributed by atoms with van der Waals surface area (Å²) in [5.74, 6) is -0.0698.